The Bertz CT molecular complexity index is 920. The normalized spacial score (nSPS) is 11.5. The van der Waals surface area contributed by atoms with E-state index in [-0.39, 0.29) is 13.2 Å². The van der Waals surface area contributed by atoms with Crippen LogP contribution >= 0.6 is 11.3 Å². The van der Waals surface area contributed by atoms with E-state index in [2.05, 4.69) is 15.3 Å². The van der Waals surface area contributed by atoms with E-state index in [1.54, 1.807) is 13.0 Å². The van der Waals surface area contributed by atoms with Gasteiger partial charge in [-0.3, -0.25) is 4.68 Å². The Morgan fingerprint density at radius 2 is 2.12 bits per heavy atom. The Morgan fingerprint density at radius 1 is 1.31 bits per heavy atom. The standard InChI is InChI=1S/C16H13F3N4O2S/c1-2-25-15(24)11-7-20-23(8-11)9-13-21-22-14(26-13)10-4-3-5-12(6-10)16(17,18)19/h3-8H,2,9H2,1H3. The van der Waals surface area contributed by atoms with Crippen LogP contribution in [0.25, 0.3) is 10.6 Å². The zero-order valence-electron chi connectivity index (χ0n) is 13.5. The molecule has 6 nitrogen and oxygen atoms in total. The van der Waals surface area contributed by atoms with Crippen LogP contribution in [0.5, 0.6) is 0 Å². The second-order valence-corrected chi connectivity index (χ2v) is 6.29. The number of esters is 1. The highest BCUT2D eigenvalue weighted by molar-refractivity contribution is 7.14. The molecule has 10 heteroatoms. The van der Waals surface area contributed by atoms with E-state index in [0.29, 0.717) is 21.1 Å². The lowest BCUT2D eigenvalue weighted by molar-refractivity contribution is -0.137. The van der Waals surface area contributed by atoms with Gasteiger partial charge in [0.05, 0.1) is 30.5 Å². The second kappa shape index (κ2) is 7.24. The lowest BCUT2D eigenvalue weighted by Gasteiger charge is -2.06. The summed E-state index contributed by atoms with van der Waals surface area (Å²) in [4.78, 5) is 11.6. The molecule has 3 aromatic rings. The van der Waals surface area contributed by atoms with Crippen molar-refractivity contribution in [2.75, 3.05) is 6.61 Å². The van der Waals surface area contributed by atoms with Gasteiger partial charge in [-0.25, -0.2) is 4.79 Å². The van der Waals surface area contributed by atoms with E-state index in [1.165, 1.54) is 23.1 Å². The number of ether oxygens (including phenoxy) is 1. The van der Waals surface area contributed by atoms with Crippen molar-refractivity contribution in [1.29, 1.82) is 0 Å². The number of hydrogen-bond donors (Lipinski definition) is 0. The van der Waals surface area contributed by atoms with Crippen LogP contribution in [0, 0.1) is 0 Å². The van der Waals surface area contributed by atoms with Gasteiger partial charge in [-0.1, -0.05) is 23.5 Å². The molecule has 26 heavy (non-hydrogen) atoms. The Hall–Kier alpha value is -2.75. The molecule has 0 radical (unpaired) electrons. The fourth-order valence-corrected chi connectivity index (χ4v) is 3.00. The maximum Gasteiger partial charge on any atom is 0.416 e. The summed E-state index contributed by atoms with van der Waals surface area (Å²) in [6.07, 6.45) is -1.52. The Kier molecular flexibility index (Phi) is 5.03. The van der Waals surface area contributed by atoms with E-state index >= 15 is 0 Å². The third-order valence-corrected chi connectivity index (χ3v) is 4.30. The topological polar surface area (TPSA) is 69.9 Å². The van der Waals surface area contributed by atoms with Crippen molar-refractivity contribution in [3.8, 4) is 10.6 Å². The van der Waals surface area contributed by atoms with Gasteiger partial charge < -0.3 is 4.74 Å². The summed E-state index contributed by atoms with van der Waals surface area (Å²) in [7, 11) is 0. The quantitative estimate of drug-likeness (QED) is 0.630. The van der Waals surface area contributed by atoms with E-state index in [0.717, 1.165) is 23.5 Å². The first-order valence-corrected chi connectivity index (χ1v) is 8.38. The summed E-state index contributed by atoms with van der Waals surface area (Å²) in [5.41, 5.74) is -0.0800. The molecule has 0 spiro atoms. The summed E-state index contributed by atoms with van der Waals surface area (Å²) in [6, 6.07) is 4.92. The highest BCUT2D eigenvalue weighted by Crippen LogP contribution is 2.33. The van der Waals surface area contributed by atoms with Gasteiger partial charge in [-0.2, -0.15) is 18.3 Å². The number of carbonyl (C=O) groups is 1. The van der Waals surface area contributed by atoms with Gasteiger partial charge in [-0.15, -0.1) is 10.2 Å². The molecule has 1 aromatic carbocycles. The van der Waals surface area contributed by atoms with Crippen LogP contribution < -0.4 is 0 Å². The number of halogens is 3. The summed E-state index contributed by atoms with van der Waals surface area (Å²) in [5, 5.41) is 12.9. The lowest BCUT2D eigenvalue weighted by atomic mass is 10.1. The van der Waals surface area contributed by atoms with Crippen molar-refractivity contribution < 1.29 is 22.7 Å². The van der Waals surface area contributed by atoms with E-state index in [9.17, 15) is 18.0 Å². The molecule has 0 fully saturated rings. The molecule has 0 saturated carbocycles. The van der Waals surface area contributed by atoms with Crippen molar-refractivity contribution in [2.24, 2.45) is 0 Å². The van der Waals surface area contributed by atoms with Crippen molar-refractivity contribution >= 4 is 17.3 Å². The van der Waals surface area contributed by atoms with Crippen LogP contribution in [0.2, 0.25) is 0 Å². The number of rotatable bonds is 5. The first-order valence-electron chi connectivity index (χ1n) is 7.56. The molecular formula is C16H13F3N4O2S. The third kappa shape index (κ3) is 4.07. The van der Waals surface area contributed by atoms with Gasteiger partial charge in [-0.05, 0) is 19.1 Å². The molecule has 0 bridgehead atoms. The molecule has 136 valence electrons. The molecule has 0 amide bonds. The predicted octanol–water partition coefficient (Wildman–Crippen LogP) is 3.65. The van der Waals surface area contributed by atoms with Crippen LogP contribution in [-0.2, 0) is 17.5 Å². The molecule has 2 aromatic heterocycles. The van der Waals surface area contributed by atoms with Crippen LogP contribution in [0.15, 0.2) is 36.7 Å². The maximum absolute atomic E-state index is 12.8. The largest absolute Gasteiger partial charge is 0.462 e. The molecule has 0 aliphatic rings. The van der Waals surface area contributed by atoms with Gasteiger partial charge in [0.1, 0.15) is 10.0 Å². The molecule has 2 heterocycles. The molecule has 0 aliphatic heterocycles. The molecule has 0 N–H and O–H groups in total. The Balaban J connectivity index is 1.76. The van der Waals surface area contributed by atoms with Crippen molar-refractivity contribution in [2.45, 2.75) is 19.6 Å². The number of alkyl halides is 3. The number of aromatic nitrogens is 4. The van der Waals surface area contributed by atoms with Crippen LogP contribution in [0.3, 0.4) is 0 Å². The van der Waals surface area contributed by atoms with E-state index in [1.807, 2.05) is 0 Å². The summed E-state index contributed by atoms with van der Waals surface area (Å²) in [5.74, 6) is -0.472. The fourth-order valence-electron chi connectivity index (χ4n) is 2.17. The molecular weight excluding hydrogens is 369 g/mol. The molecule has 0 aliphatic carbocycles. The van der Waals surface area contributed by atoms with E-state index < -0.39 is 17.7 Å². The molecule has 0 atom stereocenters. The lowest BCUT2D eigenvalue weighted by Crippen LogP contribution is -2.04. The van der Waals surface area contributed by atoms with Crippen molar-refractivity contribution in [3.05, 3.63) is 52.8 Å². The smallest absolute Gasteiger partial charge is 0.416 e. The van der Waals surface area contributed by atoms with Crippen LogP contribution in [-0.4, -0.2) is 32.6 Å². The van der Waals surface area contributed by atoms with Gasteiger partial charge >= 0.3 is 12.1 Å². The monoisotopic (exact) mass is 382 g/mol. The number of hydrogen-bond acceptors (Lipinski definition) is 6. The minimum absolute atomic E-state index is 0.246. The summed E-state index contributed by atoms with van der Waals surface area (Å²) >= 11 is 1.16. The minimum Gasteiger partial charge on any atom is -0.462 e. The first kappa shape index (κ1) is 18.1. The molecule has 0 unspecified atom stereocenters. The highest BCUT2D eigenvalue weighted by atomic mass is 32.1. The Morgan fingerprint density at radius 3 is 2.85 bits per heavy atom. The maximum atomic E-state index is 12.8. The summed E-state index contributed by atoms with van der Waals surface area (Å²) in [6.45, 7) is 2.22. The van der Waals surface area contributed by atoms with Crippen molar-refractivity contribution in [1.82, 2.24) is 20.0 Å². The van der Waals surface area contributed by atoms with Gasteiger partial charge in [0.2, 0.25) is 0 Å². The zero-order valence-corrected chi connectivity index (χ0v) is 14.3. The van der Waals surface area contributed by atoms with Gasteiger partial charge in [0.15, 0.2) is 0 Å². The average Bonchev–Trinajstić information content (AvgIpc) is 3.25. The number of benzene rings is 1. The average molecular weight is 382 g/mol. The predicted molar refractivity (Wildman–Crippen MR) is 87.6 cm³/mol. The second-order valence-electron chi connectivity index (χ2n) is 5.23. The van der Waals surface area contributed by atoms with Gasteiger partial charge in [0, 0.05) is 11.8 Å². The van der Waals surface area contributed by atoms with Crippen molar-refractivity contribution in [3.63, 3.8) is 0 Å². The molecule has 0 saturated heterocycles. The minimum atomic E-state index is -4.41. The highest BCUT2D eigenvalue weighted by Gasteiger charge is 2.30. The SMILES string of the molecule is CCOC(=O)c1cnn(Cc2nnc(-c3cccc(C(F)(F)F)c3)s2)c1. The third-order valence-electron chi connectivity index (χ3n) is 3.35. The van der Waals surface area contributed by atoms with E-state index in [4.69, 9.17) is 4.74 Å². The van der Waals surface area contributed by atoms with Gasteiger partial charge in [0.25, 0.3) is 0 Å². The first-order chi connectivity index (χ1) is 12.4. The number of carbonyl (C=O) groups excluding carboxylic acids is 1. The molecule has 3 rings (SSSR count). The fraction of sp³-hybridized carbons (Fsp3) is 0.250. The Labute approximate surface area is 150 Å². The number of nitrogens with zero attached hydrogens (tertiary/aromatic N) is 4. The zero-order chi connectivity index (χ0) is 18.7. The van der Waals surface area contributed by atoms with Crippen LogP contribution in [0.1, 0.15) is 27.9 Å². The summed E-state index contributed by atoms with van der Waals surface area (Å²) < 4.78 is 44.8. The van der Waals surface area contributed by atoms with Crippen LogP contribution in [0.4, 0.5) is 13.2 Å².